The number of benzene rings is 1. The van der Waals surface area contributed by atoms with Crippen molar-refractivity contribution in [2.45, 2.75) is 45.6 Å². The first kappa shape index (κ1) is 15.0. The Morgan fingerprint density at radius 2 is 2.15 bits per heavy atom. The summed E-state index contributed by atoms with van der Waals surface area (Å²) in [6.45, 7) is 6.04. The van der Waals surface area contributed by atoms with Crippen molar-refractivity contribution in [3.63, 3.8) is 0 Å². The molecule has 1 amide bonds. The fraction of sp³-hybridized carbons (Fsp3) is 0.588. The zero-order valence-corrected chi connectivity index (χ0v) is 12.9. The van der Waals surface area contributed by atoms with Gasteiger partial charge in [0.15, 0.2) is 0 Å². The quantitative estimate of drug-likeness (QED) is 0.824. The van der Waals surface area contributed by atoms with E-state index >= 15 is 0 Å². The maximum atomic E-state index is 12.7. The van der Waals surface area contributed by atoms with Gasteiger partial charge in [-0.15, -0.1) is 0 Å². The number of anilines is 1. The number of carbonyl (C=O) groups is 1. The molecule has 1 aliphatic rings. The second-order valence-electron chi connectivity index (χ2n) is 5.73. The predicted molar refractivity (Wildman–Crippen MR) is 84.1 cm³/mol. The van der Waals surface area contributed by atoms with Crippen LogP contribution in [-0.2, 0) is 11.2 Å². The molecule has 2 rings (SSSR count). The van der Waals surface area contributed by atoms with Crippen LogP contribution in [0.4, 0.5) is 5.69 Å². The second kappa shape index (κ2) is 6.89. The summed E-state index contributed by atoms with van der Waals surface area (Å²) in [6.07, 6.45) is 4.46. The molecule has 3 heteroatoms. The van der Waals surface area contributed by atoms with Crippen molar-refractivity contribution in [2.75, 3.05) is 25.0 Å². The third-order valence-corrected chi connectivity index (χ3v) is 4.26. The highest BCUT2D eigenvalue weighted by molar-refractivity contribution is 5.97. The van der Waals surface area contributed by atoms with Crippen molar-refractivity contribution in [3.05, 3.63) is 29.8 Å². The van der Waals surface area contributed by atoms with Crippen LogP contribution in [0.1, 0.15) is 38.7 Å². The third kappa shape index (κ3) is 3.21. The molecule has 0 aromatic heterocycles. The van der Waals surface area contributed by atoms with Gasteiger partial charge in [0, 0.05) is 12.2 Å². The van der Waals surface area contributed by atoms with Crippen LogP contribution in [0.3, 0.4) is 0 Å². The largest absolute Gasteiger partial charge is 0.311 e. The van der Waals surface area contributed by atoms with E-state index in [0.29, 0.717) is 0 Å². The molecule has 0 saturated heterocycles. The van der Waals surface area contributed by atoms with Gasteiger partial charge in [0.2, 0.25) is 5.91 Å². The Kier molecular flexibility index (Phi) is 5.18. The number of carbonyl (C=O) groups excluding carboxylic acids is 1. The van der Waals surface area contributed by atoms with Crippen molar-refractivity contribution in [1.82, 2.24) is 4.90 Å². The number of fused-ring (bicyclic) bond motifs is 1. The van der Waals surface area contributed by atoms with Crippen LogP contribution in [0.25, 0.3) is 0 Å². The van der Waals surface area contributed by atoms with Crippen LogP contribution in [0, 0.1) is 0 Å². The monoisotopic (exact) mass is 274 g/mol. The van der Waals surface area contributed by atoms with Crippen molar-refractivity contribution in [2.24, 2.45) is 0 Å². The first-order valence-electron chi connectivity index (χ1n) is 7.74. The number of unbranched alkanes of at least 4 members (excludes halogenated alkanes) is 1. The van der Waals surface area contributed by atoms with Crippen molar-refractivity contribution in [1.29, 1.82) is 0 Å². The summed E-state index contributed by atoms with van der Waals surface area (Å²) in [4.78, 5) is 16.9. The lowest BCUT2D eigenvalue weighted by atomic mass is 10.0. The number of nitrogens with zero attached hydrogens (tertiary/aromatic N) is 2. The normalized spacial score (nSPS) is 16.1. The van der Waals surface area contributed by atoms with Gasteiger partial charge in [-0.1, -0.05) is 31.5 Å². The molecule has 0 radical (unpaired) electrons. The Labute approximate surface area is 122 Å². The Morgan fingerprint density at radius 3 is 2.90 bits per heavy atom. The molecule has 0 fully saturated rings. The van der Waals surface area contributed by atoms with E-state index in [4.69, 9.17) is 0 Å². The number of hydrogen-bond donors (Lipinski definition) is 0. The number of amides is 1. The third-order valence-electron chi connectivity index (χ3n) is 4.26. The molecule has 3 nitrogen and oxygen atoms in total. The number of rotatable bonds is 5. The summed E-state index contributed by atoms with van der Waals surface area (Å²) < 4.78 is 0. The Hall–Kier alpha value is -1.35. The summed E-state index contributed by atoms with van der Waals surface area (Å²) in [5.74, 6) is 0.232. The molecule has 0 N–H and O–H groups in total. The van der Waals surface area contributed by atoms with Crippen LogP contribution < -0.4 is 4.90 Å². The molecule has 1 aromatic carbocycles. The molecule has 0 spiro atoms. The summed E-state index contributed by atoms with van der Waals surface area (Å²) >= 11 is 0. The van der Waals surface area contributed by atoms with E-state index < -0.39 is 0 Å². The highest BCUT2D eigenvalue weighted by Gasteiger charge is 2.27. The smallest absolute Gasteiger partial charge is 0.244 e. The van der Waals surface area contributed by atoms with Gasteiger partial charge < -0.3 is 4.90 Å². The van der Waals surface area contributed by atoms with Gasteiger partial charge in [0.1, 0.15) is 0 Å². The molecular formula is C17H26N2O. The summed E-state index contributed by atoms with van der Waals surface area (Å²) in [6, 6.07) is 8.25. The van der Waals surface area contributed by atoms with Crippen molar-refractivity contribution in [3.8, 4) is 0 Å². The van der Waals surface area contributed by atoms with E-state index in [9.17, 15) is 4.79 Å². The van der Waals surface area contributed by atoms with Gasteiger partial charge in [0.25, 0.3) is 0 Å². The zero-order chi connectivity index (χ0) is 14.5. The molecule has 1 aliphatic heterocycles. The molecule has 1 aromatic rings. The van der Waals surface area contributed by atoms with Crippen LogP contribution in [0.5, 0.6) is 0 Å². The molecule has 0 bridgehead atoms. The number of aryl methyl sites for hydroxylation is 1. The van der Waals surface area contributed by atoms with E-state index in [-0.39, 0.29) is 11.9 Å². The first-order chi connectivity index (χ1) is 9.65. The Morgan fingerprint density at radius 1 is 1.40 bits per heavy atom. The van der Waals surface area contributed by atoms with Crippen molar-refractivity contribution >= 4 is 11.6 Å². The molecule has 1 heterocycles. The average molecular weight is 274 g/mol. The number of hydrogen-bond acceptors (Lipinski definition) is 2. The summed E-state index contributed by atoms with van der Waals surface area (Å²) in [5, 5.41) is 0. The van der Waals surface area contributed by atoms with Crippen molar-refractivity contribution < 1.29 is 4.79 Å². The fourth-order valence-corrected chi connectivity index (χ4v) is 2.78. The van der Waals surface area contributed by atoms with Gasteiger partial charge in [-0.2, -0.15) is 0 Å². The second-order valence-corrected chi connectivity index (χ2v) is 5.73. The Balaban J connectivity index is 2.10. The minimum atomic E-state index is -0.0484. The fourth-order valence-electron chi connectivity index (χ4n) is 2.78. The lowest BCUT2D eigenvalue weighted by molar-refractivity contribution is -0.122. The molecule has 1 unspecified atom stereocenters. The number of likely N-dealkylation sites (N-methyl/N-ethyl adjacent to an activating group) is 1. The average Bonchev–Trinajstić information content (AvgIpc) is 2.50. The van der Waals surface area contributed by atoms with E-state index in [1.165, 1.54) is 5.56 Å². The summed E-state index contributed by atoms with van der Waals surface area (Å²) in [5.41, 5.74) is 2.41. The number of para-hydroxylation sites is 1. The molecule has 0 aliphatic carbocycles. The molecule has 20 heavy (non-hydrogen) atoms. The van der Waals surface area contributed by atoms with Gasteiger partial charge in [0.05, 0.1) is 6.04 Å². The zero-order valence-electron chi connectivity index (χ0n) is 12.9. The van der Waals surface area contributed by atoms with E-state index in [2.05, 4.69) is 30.0 Å². The standard InChI is InChI=1S/C17H26N2O/c1-4-5-12-18(3)14(2)17(20)19-13-8-10-15-9-6-7-11-16(15)19/h6-7,9,11,14H,4-5,8,10,12-13H2,1-3H3. The highest BCUT2D eigenvalue weighted by atomic mass is 16.2. The van der Waals surface area contributed by atoms with E-state index in [0.717, 1.165) is 44.5 Å². The molecule has 1 atom stereocenters. The maximum Gasteiger partial charge on any atom is 0.244 e. The van der Waals surface area contributed by atoms with Gasteiger partial charge in [-0.25, -0.2) is 0 Å². The summed E-state index contributed by atoms with van der Waals surface area (Å²) in [7, 11) is 2.05. The predicted octanol–water partition coefficient (Wildman–Crippen LogP) is 3.09. The van der Waals surface area contributed by atoms with Crippen LogP contribution in [-0.4, -0.2) is 37.0 Å². The molecule has 110 valence electrons. The van der Waals surface area contributed by atoms with Crippen LogP contribution in [0.2, 0.25) is 0 Å². The lowest BCUT2D eigenvalue weighted by Gasteiger charge is -2.34. The van der Waals surface area contributed by atoms with E-state index in [1.54, 1.807) is 0 Å². The maximum absolute atomic E-state index is 12.7. The Bertz CT molecular complexity index is 458. The van der Waals surface area contributed by atoms with Gasteiger partial charge in [-0.3, -0.25) is 9.69 Å². The lowest BCUT2D eigenvalue weighted by Crippen LogP contribution is -2.47. The topological polar surface area (TPSA) is 23.6 Å². The first-order valence-corrected chi connectivity index (χ1v) is 7.74. The van der Waals surface area contributed by atoms with Crippen LogP contribution in [0.15, 0.2) is 24.3 Å². The van der Waals surface area contributed by atoms with Gasteiger partial charge >= 0.3 is 0 Å². The molecular weight excluding hydrogens is 248 g/mol. The minimum absolute atomic E-state index is 0.0484. The van der Waals surface area contributed by atoms with Crippen LogP contribution >= 0.6 is 0 Å². The van der Waals surface area contributed by atoms with E-state index in [1.807, 2.05) is 24.9 Å². The highest BCUT2D eigenvalue weighted by Crippen LogP contribution is 2.27. The van der Waals surface area contributed by atoms with Gasteiger partial charge in [-0.05, 0) is 51.4 Å². The molecule has 0 saturated carbocycles. The SMILES string of the molecule is CCCCN(C)C(C)C(=O)N1CCCc2ccccc21. The minimum Gasteiger partial charge on any atom is -0.311 e.